The van der Waals surface area contributed by atoms with E-state index in [4.69, 9.17) is 33.2 Å². The lowest BCUT2D eigenvalue weighted by Gasteiger charge is -2.07. The molecule has 4 nitrogen and oxygen atoms in total. The molecule has 0 radical (unpaired) electrons. The van der Waals surface area contributed by atoms with Gasteiger partial charge in [-0.05, 0) is 12.1 Å². The summed E-state index contributed by atoms with van der Waals surface area (Å²) in [6.45, 7) is 0. The number of halogens is 2. The summed E-state index contributed by atoms with van der Waals surface area (Å²) in [5, 5.41) is 1.03. The van der Waals surface area contributed by atoms with E-state index >= 15 is 0 Å². The molecular weight excluding hydrogens is 559 g/mol. The first-order valence-corrected chi connectivity index (χ1v) is 14.3. The highest BCUT2D eigenvalue weighted by Gasteiger charge is 2.21. The lowest BCUT2D eigenvalue weighted by Crippen LogP contribution is -1.88. The maximum Gasteiger partial charge on any atom is 0.140 e. The van der Waals surface area contributed by atoms with Gasteiger partial charge in [0.05, 0.1) is 32.8 Å². The Morgan fingerprint density at radius 2 is 0.714 bits per heavy atom. The molecule has 2 N–H and O–H groups in total. The number of benzene rings is 5. The Bertz CT molecular complexity index is 1720. The molecule has 0 bridgehead atoms. The van der Waals surface area contributed by atoms with Crippen LogP contribution >= 0.6 is 23.2 Å². The van der Waals surface area contributed by atoms with Crippen molar-refractivity contribution in [2.45, 2.75) is 0 Å². The van der Waals surface area contributed by atoms with Gasteiger partial charge in [-0.3, -0.25) is 0 Å². The van der Waals surface area contributed by atoms with E-state index in [1.54, 1.807) is 0 Å². The zero-order valence-electron chi connectivity index (χ0n) is 22.4. The summed E-state index contributed by atoms with van der Waals surface area (Å²) in [5.74, 6) is 1.28. The number of aromatic nitrogens is 4. The monoisotopic (exact) mass is 582 g/mol. The fraction of sp³-hybridized carbons (Fsp3) is 0. The minimum atomic E-state index is 0.515. The molecule has 7 aromatic rings. The quantitative estimate of drug-likeness (QED) is 0.205. The Balaban J connectivity index is 1.34. The van der Waals surface area contributed by atoms with Crippen molar-refractivity contribution in [1.82, 2.24) is 19.9 Å². The van der Waals surface area contributed by atoms with Crippen molar-refractivity contribution in [2.24, 2.45) is 0 Å². The number of rotatable bonds is 6. The molecule has 0 unspecified atom stereocenters. The predicted octanol–water partition coefficient (Wildman–Crippen LogP) is 10.4. The molecule has 0 aliphatic rings. The van der Waals surface area contributed by atoms with Gasteiger partial charge in [-0.1, -0.05) is 145 Å². The zero-order valence-corrected chi connectivity index (χ0v) is 23.9. The second-order valence-corrected chi connectivity index (χ2v) is 10.7. The molecule has 7 rings (SSSR count). The third kappa shape index (κ3) is 4.92. The van der Waals surface area contributed by atoms with Crippen LogP contribution in [0.15, 0.2) is 133 Å². The number of nitrogens with one attached hydrogen (secondary N) is 2. The van der Waals surface area contributed by atoms with Gasteiger partial charge in [0.15, 0.2) is 0 Å². The first kappa shape index (κ1) is 26.0. The van der Waals surface area contributed by atoms with Gasteiger partial charge in [-0.25, -0.2) is 9.97 Å². The molecule has 0 aliphatic heterocycles. The highest BCUT2D eigenvalue weighted by Crippen LogP contribution is 2.41. The molecule has 0 saturated heterocycles. The van der Waals surface area contributed by atoms with Gasteiger partial charge in [0.1, 0.15) is 11.6 Å². The molecule has 0 amide bonds. The van der Waals surface area contributed by atoms with E-state index in [2.05, 4.69) is 58.5 Å². The van der Waals surface area contributed by atoms with Crippen LogP contribution in [-0.2, 0) is 0 Å². The van der Waals surface area contributed by atoms with Gasteiger partial charge in [-0.2, -0.15) is 0 Å². The summed E-state index contributed by atoms with van der Waals surface area (Å²) in [6, 6.07) is 44.2. The minimum Gasteiger partial charge on any atom is -0.337 e. The van der Waals surface area contributed by atoms with E-state index in [0.29, 0.717) is 32.8 Å². The molecule has 202 valence electrons. The van der Waals surface area contributed by atoms with Crippen LogP contribution in [0.25, 0.3) is 67.8 Å². The first-order valence-electron chi connectivity index (χ1n) is 13.6. The number of H-pyrrole nitrogens is 2. The standard InChI is InChI=1S/C36H24Cl2N4/c37-29-22-28(36-41-33(25-17-9-3-10-18-25)34(42-36)26-19-11-4-12-20-26)30(38)21-27(29)35-39-31(23-13-5-1-6-14-23)32(40-35)24-15-7-2-8-16-24/h1-22H,(H,39,40)(H,41,42). The molecule has 6 heteroatoms. The second-order valence-electron chi connectivity index (χ2n) is 9.89. The average molecular weight is 584 g/mol. The van der Waals surface area contributed by atoms with Crippen LogP contribution in [0.3, 0.4) is 0 Å². The van der Waals surface area contributed by atoms with Crippen LogP contribution in [0.5, 0.6) is 0 Å². The summed E-state index contributed by atoms with van der Waals surface area (Å²) < 4.78 is 0. The third-order valence-electron chi connectivity index (χ3n) is 7.19. The van der Waals surface area contributed by atoms with E-state index in [1.165, 1.54) is 0 Å². The normalized spacial score (nSPS) is 11.1. The smallest absolute Gasteiger partial charge is 0.140 e. The van der Waals surface area contributed by atoms with E-state index in [1.807, 2.05) is 84.9 Å². The lowest BCUT2D eigenvalue weighted by molar-refractivity contribution is 1.29. The maximum atomic E-state index is 6.96. The fourth-order valence-corrected chi connectivity index (χ4v) is 5.65. The summed E-state index contributed by atoms with van der Waals surface area (Å²) in [6.07, 6.45) is 0. The third-order valence-corrected chi connectivity index (χ3v) is 7.82. The van der Waals surface area contributed by atoms with Gasteiger partial charge in [0.25, 0.3) is 0 Å². The van der Waals surface area contributed by atoms with E-state index < -0.39 is 0 Å². The van der Waals surface area contributed by atoms with Crippen LogP contribution < -0.4 is 0 Å². The summed E-state index contributed by atoms with van der Waals surface area (Å²) in [5.41, 5.74) is 9.03. The lowest BCUT2D eigenvalue weighted by atomic mass is 10.1. The number of hydrogen-bond donors (Lipinski definition) is 2. The van der Waals surface area contributed by atoms with Crippen molar-refractivity contribution in [3.8, 4) is 67.8 Å². The number of hydrogen-bond acceptors (Lipinski definition) is 2. The maximum absolute atomic E-state index is 6.96. The predicted molar refractivity (Wildman–Crippen MR) is 173 cm³/mol. The first-order chi connectivity index (χ1) is 20.7. The molecular formula is C36H24Cl2N4. The van der Waals surface area contributed by atoms with Crippen molar-refractivity contribution in [1.29, 1.82) is 0 Å². The Hall–Kier alpha value is -4.90. The summed E-state index contributed by atoms with van der Waals surface area (Å²) in [7, 11) is 0. The van der Waals surface area contributed by atoms with Crippen LogP contribution in [0.4, 0.5) is 0 Å². The Labute approximate surface area is 253 Å². The van der Waals surface area contributed by atoms with Gasteiger partial charge < -0.3 is 9.97 Å². The molecule has 2 aromatic heterocycles. The molecule has 0 spiro atoms. The summed E-state index contributed by atoms with van der Waals surface area (Å²) in [4.78, 5) is 17.1. The van der Waals surface area contributed by atoms with Crippen LogP contribution in [0.2, 0.25) is 10.0 Å². The topological polar surface area (TPSA) is 57.4 Å². The molecule has 0 aliphatic carbocycles. The minimum absolute atomic E-state index is 0.515. The average Bonchev–Trinajstić information content (AvgIpc) is 3.70. The van der Waals surface area contributed by atoms with Crippen molar-refractivity contribution < 1.29 is 0 Å². The van der Waals surface area contributed by atoms with Crippen LogP contribution in [0.1, 0.15) is 0 Å². The van der Waals surface area contributed by atoms with Crippen LogP contribution in [0, 0.1) is 0 Å². The SMILES string of the molecule is Clc1cc(-c2nc(-c3ccccc3)c(-c3ccccc3)[nH]2)c(Cl)cc1-c1nc(-c2ccccc2)c(-c2ccccc2)[nH]1. The van der Waals surface area contributed by atoms with Crippen molar-refractivity contribution in [3.63, 3.8) is 0 Å². The van der Waals surface area contributed by atoms with Crippen molar-refractivity contribution in [3.05, 3.63) is 144 Å². The van der Waals surface area contributed by atoms with Crippen molar-refractivity contribution in [2.75, 3.05) is 0 Å². The van der Waals surface area contributed by atoms with Crippen LogP contribution in [-0.4, -0.2) is 19.9 Å². The Morgan fingerprint density at radius 3 is 1.05 bits per heavy atom. The number of aromatic amines is 2. The molecule has 0 fully saturated rings. The molecule has 42 heavy (non-hydrogen) atoms. The van der Waals surface area contributed by atoms with E-state index in [9.17, 15) is 0 Å². The van der Waals surface area contributed by atoms with Crippen molar-refractivity contribution >= 4 is 23.2 Å². The largest absolute Gasteiger partial charge is 0.337 e. The summed E-state index contributed by atoms with van der Waals surface area (Å²) >= 11 is 13.9. The van der Waals surface area contributed by atoms with Gasteiger partial charge in [-0.15, -0.1) is 0 Å². The molecule has 2 heterocycles. The van der Waals surface area contributed by atoms with E-state index in [0.717, 1.165) is 45.0 Å². The molecule has 0 saturated carbocycles. The Kier molecular flexibility index (Phi) is 6.92. The van der Waals surface area contributed by atoms with Gasteiger partial charge in [0.2, 0.25) is 0 Å². The number of nitrogens with zero attached hydrogens (tertiary/aromatic N) is 2. The Morgan fingerprint density at radius 1 is 0.405 bits per heavy atom. The fourth-order valence-electron chi connectivity index (χ4n) is 5.15. The highest BCUT2D eigenvalue weighted by molar-refractivity contribution is 6.37. The van der Waals surface area contributed by atoms with Gasteiger partial charge in [0, 0.05) is 33.4 Å². The van der Waals surface area contributed by atoms with Gasteiger partial charge >= 0.3 is 0 Å². The number of imidazole rings is 2. The van der Waals surface area contributed by atoms with E-state index in [-0.39, 0.29) is 0 Å². The molecule has 5 aromatic carbocycles. The highest BCUT2D eigenvalue weighted by atomic mass is 35.5. The second kappa shape index (κ2) is 11.2. The zero-order chi connectivity index (χ0) is 28.5. The molecule has 0 atom stereocenters.